The lowest BCUT2D eigenvalue weighted by atomic mass is 9.84. The van der Waals surface area contributed by atoms with Crippen LogP contribution in [0.5, 0.6) is 5.75 Å². The summed E-state index contributed by atoms with van der Waals surface area (Å²) < 4.78 is 7.69. The molecule has 4 N–H and O–H groups in total. The number of carbonyl (C=O) groups excluding carboxylic acids is 1. The van der Waals surface area contributed by atoms with Gasteiger partial charge in [-0.3, -0.25) is 9.48 Å². The second-order valence-electron chi connectivity index (χ2n) is 6.91. The Bertz CT molecular complexity index is 764. The van der Waals surface area contributed by atoms with Crippen LogP contribution < -0.4 is 16.2 Å². The predicted molar refractivity (Wildman–Crippen MR) is 102 cm³/mol. The Morgan fingerprint density at radius 1 is 1.38 bits per heavy atom. The quantitative estimate of drug-likeness (QED) is 0.809. The van der Waals surface area contributed by atoms with Crippen LogP contribution in [0.25, 0.3) is 11.3 Å². The normalized spacial score (nSPS) is 16.4. The molecule has 0 unspecified atom stereocenters. The van der Waals surface area contributed by atoms with Crippen molar-refractivity contribution in [2.24, 2.45) is 24.4 Å². The standard InChI is InChI=1S/C19H25ClN4O2/c1-24-18(15(20)10-23-24)14-9-13(19(22)25)7-8-17(14)26-11-16(21)12-5-3-2-4-6-12/h7-10,12,16H,2-6,11,21H2,1H3,(H2,22,25)/t16-/m1/s1. The van der Waals surface area contributed by atoms with E-state index in [0.29, 0.717) is 40.1 Å². The first-order chi connectivity index (χ1) is 12.5. The Kier molecular flexibility index (Phi) is 5.84. The highest BCUT2D eigenvalue weighted by Gasteiger charge is 2.22. The molecule has 6 nitrogen and oxygen atoms in total. The first-order valence-electron chi connectivity index (χ1n) is 8.97. The monoisotopic (exact) mass is 376 g/mol. The highest BCUT2D eigenvalue weighted by molar-refractivity contribution is 6.33. The average molecular weight is 377 g/mol. The number of ether oxygens (including phenoxy) is 1. The maximum atomic E-state index is 11.6. The molecular formula is C19H25ClN4O2. The van der Waals surface area contributed by atoms with Gasteiger partial charge in [-0.2, -0.15) is 5.10 Å². The molecule has 3 rings (SSSR count). The third kappa shape index (κ3) is 4.02. The summed E-state index contributed by atoms with van der Waals surface area (Å²) in [7, 11) is 1.79. The van der Waals surface area contributed by atoms with Gasteiger partial charge in [-0.25, -0.2) is 0 Å². The van der Waals surface area contributed by atoms with Gasteiger partial charge in [0.25, 0.3) is 0 Å². The molecule has 26 heavy (non-hydrogen) atoms. The van der Waals surface area contributed by atoms with Gasteiger partial charge in [0, 0.05) is 24.2 Å². The van der Waals surface area contributed by atoms with Crippen molar-refractivity contribution in [3.63, 3.8) is 0 Å². The smallest absolute Gasteiger partial charge is 0.248 e. The number of halogens is 1. The fraction of sp³-hybridized carbons (Fsp3) is 0.474. The molecule has 1 amide bonds. The van der Waals surface area contributed by atoms with Crippen molar-refractivity contribution in [3.8, 4) is 17.0 Å². The lowest BCUT2D eigenvalue weighted by Gasteiger charge is -2.27. The molecular weight excluding hydrogens is 352 g/mol. The highest BCUT2D eigenvalue weighted by atomic mass is 35.5. The van der Waals surface area contributed by atoms with Crippen molar-refractivity contribution in [3.05, 3.63) is 35.0 Å². The van der Waals surface area contributed by atoms with Crippen LogP contribution in [-0.2, 0) is 7.05 Å². The summed E-state index contributed by atoms with van der Waals surface area (Å²) >= 11 is 6.29. The van der Waals surface area contributed by atoms with Crippen LogP contribution in [0.1, 0.15) is 42.5 Å². The van der Waals surface area contributed by atoms with Crippen molar-refractivity contribution >= 4 is 17.5 Å². The summed E-state index contributed by atoms with van der Waals surface area (Å²) in [6.45, 7) is 0.420. The van der Waals surface area contributed by atoms with Crippen LogP contribution in [0.15, 0.2) is 24.4 Å². The van der Waals surface area contributed by atoms with E-state index >= 15 is 0 Å². The number of rotatable bonds is 6. The van der Waals surface area contributed by atoms with Gasteiger partial charge in [-0.15, -0.1) is 0 Å². The minimum absolute atomic E-state index is 0.0130. The number of nitrogens with two attached hydrogens (primary N) is 2. The van der Waals surface area contributed by atoms with Crippen molar-refractivity contribution in [1.82, 2.24) is 9.78 Å². The average Bonchev–Trinajstić information content (AvgIpc) is 2.98. The molecule has 1 heterocycles. The maximum Gasteiger partial charge on any atom is 0.248 e. The first-order valence-corrected chi connectivity index (χ1v) is 9.35. The van der Waals surface area contributed by atoms with E-state index in [-0.39, 0.29) is 6.04 Å². The van der Waals surface area contributed by atoms with E-state index in [2.05, 4.69) is 5.10 Å². The number of carbonyl (C=O) groups is 1. The topological polar surface area (TPSA) is 96.2 Å². The van der Waals surface area contributed by atoms with Crippen molar-refractivity contribution in [1.29, 1.82) is 0 Å². The number of hydrogen-bond acceptors (Lipinski definition) is 4. The molecule has 7 heteroatoms. The van der Waals surface area contributed by atoms with Gasteiger partial charge in [0.05, 0.1) is 16.9 Å². The molecule has 1 aliphatic carbocycles. The fourth-order valence-electron chi connectivity index (χ4n) is 3.59. The van der Waals surface area contributed by atoms with Crippen molar-refractivity contribution in [2.75, 3.05) is 6.61 Å². The minimum Gasteiger partial charge on any atom is -0.491 e. The number of nitrogens with zero attached hydrogens (tertiary/aromatic N) is 2. The van der Waals surface area contributed by atoms with E-state index in [1.54, 1.807) is 36.1 Å². The summed E-state index contributed by atoms with van der Waals surface area (Å²) in [4.78, 5) is 11.6. The first kappa shape index (κ1) is 18.7. The molecule has 1 aromatic carbocycles. The Balaban J connectivity index is 1.85. The largest absolute Gasteiger partial charge is 0.491 e. The Labute approximate surface area is 158 Å². The van der Waals surface area contributed by atoms with Crippen molar-refractivity contribution in [2.45, 2.75) is 38.1 Å². The molecule has 2 aromatic rings. The van der Waals surface area contributed by atoms with Gasteiger partial charge in [-0.1, -0.05) is 30.9 Å². The lowest BCUT2D eigenvalue weighted by molar-refractivity contribution is 0.100. The van der Waals surface area contributed by atoms with E-state index in [0.717, 1.165) is 12.8 Å². The Morgan fingerprint density at radius 3 is 2.73 bits per heavy atom. The zero-order valence-electron chi connectivity index (χ0n) is 15.0. The zero-order valence-corrected chi connectivity index (χ0v) is 15.7. The van der Waals surface area contributed by atoms with Crippen LogP contribution in [0.4, 0.5) is 0 Å². The van der Waals surface area contributed by atoms with Gasteiger partial charge in [0.15, 0.2) is 0 Å². The van der Waals surface area contributed by atoms with Gasteiger partial charge in [-0.05, 0) is 37.0 Å². The molecule has 1 saturated carbocycles. The van der Waals surface area contributed by atoms with Gasteiger partial charge < -0.3 is 16.2 Å². The van der Waals surface area contributed by atoms with Gasteiger partial charge >= 0.3 is 0 Å². The summed E-state index contributed by atoms with van der Waals surface area (Å²) in [6, 6.07) is 5.07. The minimum atomic E-state index is -0.505. The molecule has 1 atom stereocenters. The molecule has 1 aromatic heterocycles. The summed E-state index contributed by atoms with van der Waals surface area (Å²) in [5.74, 6) is 0.610. The summed E-state index contributed by atoms with van der Waals surface area (Å²) in [6.07, 6.45) is 7.65. The highest BCUT2D eigenvalue weighted by Crippen LogP contribution is 2.35. The number of primary amides is 1. The van der Waals surface area contributed by atoms with E-state index in [1.807, 2.05) is 0 Å². The fourth-order valence-corrected chi connectivity index (χ4v) is 3.86. The number of amides is 1. The predicted octanol–water partition coefficient (Wildman–Crippen LogP) is 3.13. The summed E-state index contributed by atoms with van der Waals surface area (Å²) in [5, 5.41) is 4.65. The summed E-state index contributed by atoms with van der Waals surface area (Å²) in [5.41, 5.74) is 13.5. The second kappa shape index (κ2) is 8.10. The lowest BCUT2D eigenvalue weighted by Crippen LogP contribution is -2.37. The van der Waals surface area contributed by atoms with Gasteiger partial charge in [0.1, 0.15) is 12.4 Å². The molecule has 0 aliphatic heterocycles. The molecule has 1 aliphatic rings. The third-order valence-electron chi connectivity index (χ3n) is 5.10. The van der Waals surface area contributed by atoms with E-state index in [9.17, 15) is 4.79 Å². The Hall–Kier alpha value is -2.05. The van der Waals surface area contributed by atoms with E-state index in [1.165, 1.54) is 19.3 Å². The van der Waals surface area contributed by atoms with E-state index < -0.39 is 5.91 Å². The number of benzene rings is 1. The van der Waals surface area contributed by atoms with Crippen molar-refractivity contribution < 1.29 is 9.53 Å². The number of aromatic nitrogens is 2. The SMILES string of the molecule is Cn1ncc(Cl)c1-c1cc(C(N)=O)ccc1OC[C@@H](N)C1CCCCC1. The van der Waals surface area contributed by atoms with E-state index in [4.69, 9.17) is 27.8 Å². The van der Waals surface area contributed by atoms with Crippen LogP contribution in [0.3, 0.4) is 0 Å². The number of aryl methyl sites for hydroxylation is 1. The zero-order chi connectivity index (χ0) is 18.7. The molecule has 0 radical (unpaired) electrons. The second-order valence-corrected chi connectivity index (χ2v) is 7.32. The molecule has 0 saturated heterocycles. The van der Waals surface area contributed by atoms with Crippen LogP contribution in [0.2, 0.25) is 5.02 Å². The Morgan fingerprint density at radius 2 is 2.12 bits per heavy atom. The van der Waals surface area contributed by atoms with Crippen LogP contribution >= 0.6 is 11.6 Å². The molecule has 0 spiro atoms. The van der Waals surface area contributed by atoms with Crippen LogP contribution in [0, 0.1) is 5.92 Å². The number of hydrogen-bond donors (Lipinski definition) is 2. The molecule has 0 bridgehead atoms. The maximum absolute atomic E-state index is 11.6. The third-order valence-corrected chi connectivity index (χ3v) is 5.38. The molecule has 1 fully saturated rings. The van der Waals surface area contributed by atoms with Gasteiger partial charge in [0.2, 0.25) is 5.91 Å². The molecule has 140 valence electrons. The van der Waals surface area contributed by atoms with Crippen LogP contribution in [-0.4, -0.2) is 28.3 Å².